The second-order valence-electron chi connectivity index (χ2n) is 6.74. The molecule has 0 aliphatic carbocycles. The number of anilines is 4. The Morgan fingerprint density at radius 1 is 1.10 bits per heavy atom. The number of hydrogen-bond acceptors (Lipinski definition) is 8. The van der Waals surface area contributed by atoms with Crippen molar-refractivity contribution in [3.8, 4) is 0 Å². The van der Waals surface area contributed by atoms with Gasteiger partial charge >= 0.3 is 0 Å². The Hall–Kier alpha value is -3.46. The SMILES string of the molecule is Cc1cc(C(=O)Nc2cc(C)on2)nc(Nc2ccccc2N2CCOCC2)n1. The number of rotatable bonds is 5. The molecule has 1 amide bonds. The van der Waals surface area contributed by atoms with Gasteiger partial charge in [-0.25, -0.2) is 9.97 Å². The highest BCUT2D eigenvalue weighted by Gasteiger charge is 2.17. The van der Waals surface area contributed by atoms with Crippen LogP contribution in [0.4, 0.5) is 23.1 Å². The van der Waals surface area contributed by atoms with E-state index in [4.69, 9.17) is 9.26 Å². The molecule has 0 radical (unpaired) electrons. The predicted molar refractivity (Wildman–Crippen MR) is 109 cm³/mol. The summed E-state index contributed by atoms with van der Waals surface area (Å²) >= 11 is 0. The van der Waals surface area contributed by atoms with Gasteiger partial charge in [0.25, 0.3) is 5.91 Å². The van der Waals surface area contributed by atoms with E-state index < -0.39 is 0 Å². The minimum absolute atomic E-state index is 0.240. The van der Waals surface area contributed by atoms with Crippen molar-refractivity contribution in [3.05, 3.63) is 53.5 Å². The van der Waals surface area contributed by atoms with E-state index in [1.54, 1.807) is 19.1 Å². The van der Waals surface area contributed by atoms with Crippen LogP contribution in [0.3, 0.4) is 0 Å². The molecule has 3 aromatic rings. The number of amides is 1. The van der Waals surface area contributed by atoms with E-state index in [0.717, 1.165) is 24.5 Å². The summed E-state index contributed by atoms with van der Waals surface area (Å²) in [5.41, 5.74) is 2.83. The second-order valence-corrected chi connectivity index (χ2v) is 6.74. The molecule has 2 N–H and O–H groups in total. The first-order valence-corrected chi connectivity index (χ1v) is 9.37. The average Bonchev–Trinajstić information content (AvgIpc) is 3.13. The molecule has 1 aliphatic heterocycles. The Bertz CT molecular complexity index is 1010. The topological polar surface area (TPSA) is 105 Å². The summed E-state index contributed by atoms with van der Waals surface area (Å²) in [5, 5.41) is 9.71. The number of morpholine rings is 1. The van der Waals surface area contributed by atoms with Crippen LogP contribution in [0, 0.1) is 13.8 Å². The Morgan fingerprint density at radius 2 is 1.90 bits per heavy atom. The van der Waals surface area contributed by atoms with Crippen molar-refractivity contribution in [2.45, 2.75) is 13.8 Å². The molecule has 150 valence electrons. The Kier molecular flexibility index (Phi) is 5.39. The number of hydrogen-bond donors (Lipinski definition) is 2. The molecule has 1 fully saturated rings. The van der Waals surface area contributed by atoms with Gasteiger partial charge in [-0.1, -0.05) is 17.3 Å². The summed E-state index contributed by atoms with van der Waals surface area (Å²) in [5.74, 6) is 0.928. The molecular formula is C20H22N6O3. The summed E-state index contributed by atoms with van der Waals surface area (Å²) in [6.45, 7) is 6.60. The summed E-state index contributed by atoms with van der Waals surface area (Å²) in [4.78, 5) is 23.6. The number of nitrogens with one attached hydrogen (secondary N) is 2. The molecule has 9 heteroatoms. The number of aromatic nitrogens is 3. The third kappa shape index (κ3) is 4.52. The van der Waals surface area contributed by atoms with Crippen molar-refractivity contribution >= 4 is 29.0 Å². The van der Waals surface area contributed by atoms with Gasteiger partial charge in [-0.15, -0.1) is 0 Å². The highest BCUT2D eigenvalue weighted by molar-refractivity contribution is 6.02. The highest BCUT2D eigenvalue weighted by atomic mass is 16.5. The molecule has 2 aromatic heterocycles. The number of benzene rings is 1. The van der Waals surface area contributed by atoms with E-state index >= 15 is 0 Å². The summed E-state index contributed by atoms with van der Waals surface area (Å²) in [6, 6.07) is 11.2. The highest BCUT2D eigenvalue weighted by Crippen LogP contribution is 2.28. The van der Waals surface area contributed by atoms with E-state index in [1.165, 1.54) is 0 Å². The quantitative estimate of drug-likeness (QED) is 0.680. The van der Waals surface area contributed by atoms with Crippen molar-refractivity contribution < 1.29 is 14.1 Å². The van der Waals surface area contributed by atoms with Crippen molar-refractivity contribution in [1.82, 2.24) is 15.1 Å². The first-order chi connectivity index (χ1) is 14.1. The molecule has 9 nitrogen and oxygen atoms in total. The van der Waals surface area contributed by atoms with E-state index in [2.05, 4.69) is 30.7 Å². The van der Waals surface area contributed by atoms with Crippen LogP contribution in [-0.2, 0) is 4.74 Å². The van der Waals surface area contributed by atoms with Crippen molar-refractivity contribution in [2.75, 3.05) is 41.8 Å². The molecule has 1 saturated heterocycles. The average molecular weight is 394 g/mol. The minimum Gasteiger partial charge on any atom is -0.378 e. The summed E-state index contributed by atoms with van der Waals surface area (Å²) in [7, 11) is 0. The molecule has 0 atom stereocenters. The van der Waals surface area contributed by atoms with Gasteiger partial charge in [0, 0.05) is 24.8 Å². The van der Waals surface area contributed by atoms with Gasteiger partial charge < -0.3 is 24.8 Å². The van der Waals surface area contributed by atoms with Crippen LogP contribution in [0.5, 0.6) is 0 Å². The van der Waals surface area contributed by atoms with E-state index in [0.29, 0.717) is 36.4 Å². The maximum atomic E-state index is 12.6. The first kappa shape index (κ1) is 18.9. The number of carbonyl (C=O) groups is 1. The third-order valence-electron chi connectivity index (χ3n) is 4.46. The smallest absolute Gasteiger partial charge is 0.275 e. The lowest BCUT2D eigenvalue weighted by atomic mass is 10.2. The maximum absolute atomic E-state index is 12.6. The molecule has 1 aromatic carbocycles. The van der Waals surface area contributed by atoms with Crippen molar-refractivity contribution in [1.29, 1.82) is 0 Å². The van der Waals surface area contributed by atoms with Gasteiger partial charge in [-0.2, -0.15) is 0 Å². The number of ether oxygens (including phenoxy) is 1. The van der Waals surface area contributed by atoms with Crippen molar-refractivity contribution in [3.63, 3.8) is 0 Å². The third-order valence-corrected chi connectivity index (χ3v) is 4.46. The van der Waals surface area contributed by atoms with E-state index in [-0.39, 0.29) is 11.6 Å². The number of aryl methyl sites for hydroxylation is 2. The van der Waals surface area contributed by atoms with Crippen LogP contribution < -0.4 is 15.5 Å². The fraction of sp³-hybridized carbons (Fsp3) is 0.300. The molecule has 29 heavy (non-hydrogen) atoms. The predicted octanol–water partition coefficient (Wildman–Crippen LogP) is 2.91. The fourth-order valence-electron chi connectivity index (χ4n) is 3.13. The van der Waals surface area contributed by atoms with Gasteiger partial charge in [-0.3, -0.25) is 4.79 Å². The normalized spacial score (nSPS) is 13.9. The Labute approximate surface area is 168 Å². The molecule has 0 unspecified atom stereocenters. The molecule has 0 spiro atoms. The summed E-state index contributed by atoms with van der Waals surface area (Å²) < 4.78 is 10.4. The molecule has 3 heterocycles. The van der Waals surface area contributed by atoms with Crippen LogP contribution >= 0.6 is 0 Å². The Morgan fingerprint density at radius 3 is 2.66 bits per heavy atom. The first-order valence-electron chi connectivity index (χ1n) is 9.37. The van der Waals surface area contributed by atoms with Gasteiger partial charge in [0.1, 0.15) is 11.5 Å². The zero-order valence-electron chi connectivity index (χ0n) is 16.3. The molecule has 1 aliphatic rings. The fourth-order valence-corrected chi connectivity index (χ4v) is 3.13. The zero-order chi connectivity index (χ0) is 20.2. The van der Waals surface area contributed by atoms with Gasteiger partial charge in [-0.05, 0) is 32.0 Å². The Balaban J connectivity index is 1.56. The molecule has 4 rings (SSSR count). The van der Waals surface area contributed by atoms with Crippen LogP contribution in [0.1, 0.15) is 21.9 Å². The number of nitrogens with zero attached hydrogens (tertiary/aromatic N) is 4. The molecule has 0 saturated carbocycles. The lowest BCUT2D eigenvalue weighted by Crippen LogP contribution is -2.36. The minimum atomic E-state index is -0.381. The lowest BCUT2D eigenvalue weighted by molar-refractivity contribution is 0.102. The number of carbonyl (C=O) groups excluding carboxylic acids is 1. The standard InChI is InChI=1S/C20H22N6O3/c1-13-11-16(19(27)24-18-12-14(2)29-25-18)23-20(21-13)22-15-5-3-4-6-17(15)26-7-9-28-10-8-26/h3-6,11-12H,7-10H2,1-2H3,(H,21,22,23)(H,24,25,27). The monoisotopic (exact) mass is 394 g/mol. The van der Waals surface area contributed by atoms with Gasteiger partial charge in [0.15, 0.2) is 5.82 Å². The number of para-hydroxylation sites is 2. The van der Waals surface area contributed by atoms with Crippen LogP contribution in [0.25, 0.3) is 0 Å². The molecule has 0 bridgehead atoms. The second kappa shape index (κ2) is 8.27. The van der Waals surface area contributed by atoms with E-state index in [1.807, 2.05) is 31.2 Å². The molecular weight excluding hydrogens is 372 g/mol. The summed E-state index contributed by atoms with van der Waals surface area (Å²) in [6.07, 6.45) is 0. The zero-order valence-corrected chi connectivity index (χ0v) is 16.3. The van der Waals surface area contributed by atoms with Crippen LogP contribution in [0.15, 0.2) is 40.9 Å². The van der Waals surface area contributed by atoms with Gasteiger partial charge in [0.2, 0.25) is 5.95 Å². The van der Waals surface area contributed by atoms with Gasteiger partial charge in [0.05, 0.1) is 24.6 Å². The van der Waals surface area contributed by atoms with Crippen LogP contribution in [0.2, 0.25) is 0 Å². The lowest BCUT2D eigenvalue weighted by Gasteiger charge is -2.30. The van der Waals surface area contributed by atoms with Crippen LogP contribution in [-0.4, -0.2) is 47.3 Å². The largest absolute Gasteiger partial charge is 0.378 e. The maximum Gasteiger partial charge on any atom is 0.275 e. The van der Waals surface area contributed by atoms with Crippen molar-refractivity contribution in [2.24, 2.45) is 0 Å². The van der Waals surface area contributed by atoms with E-state index in [9.17, 15) is 4.79 Å².